The van der Waals surface area contributed by atoms with Gasteiger partial charge in [0.05, 0.1) is 0 Å². The van der Waals surface area contributed by atoms with E-state index in [0.717, 1.165) is 10.4 Å². The molecule has 0 bridgehead atoms. The zero-order valence-corrected chi connectivity index (χ0v) is 16.6. The molecule has 4 heteroatoms. The average Bonchev–Trinajstić information content (AvgIpc) is 2.78. The van der Waals surface area contributed by atoms with Gasteiger partial charge in [-0.1, -0.05) is 57.5 Å². The van der Waals surface area contributed by atoms with Crippen LogP contribution in [-0.4, -0.2) is 16.1 Å². The summed E-state index contributed by atoms with van der Waals surface area (Å²) in [5, 5.41) is 2.58. The molecule has 0 nitrogen and oxygen atoms in total. The van der Waals surface area contributed by atoms with Crippen molar-refractivity contribution in [1.82, 2.24) is 0 Å². The van der Waals surface area contributed by atoms with E-state index in [1.807, 2.05) is 23.6 Å². The zero-order valence-electron chi connectivity index (χ0n) is 13.8. The van der Waals surface area contributed by atoms with E-state index in [1.54, 1.807) is 17.4 Å². The van der Waals surface area contributed by atoms with E-state index in [0.29, 0.717) is 5.16 Å². The SMILES string of the molecule is C[Si](C)(C)C(c1ccc(-c2cccs2)c(F)c1)[Si](C)(C)C. The largest absolute Gasteiger partial charge is 0.206 e. The van der Waals surface area contributed by atoms with Crippen LogP contribution in [0.3, 0.4) is 0 Å². The number of halogens is 1. The fourth-order valence-electron chi connectivity index (χ4n) is 3.64. The number of benzene rings is 1. The van der Waals surface area contributed by atoms with Crippen molar-refractivity contribution in [1.29, 1.82) is 0 Å². The lowest BCUT2D eigenvalue weighted by molar-refractivity contribution is 0.630. The van der Waals surface area contributed by atoms with E-state index in [-0.39, 0.29) is 5.82 Å². The van der Waals surface area contributed by atoms with Crippen LogP contribution in [0.4, 0.5) is 4.39 Å². The first-order chi connectivity index (χ1) is 9.60. The first kappa shape index (κ1) is 16.7. The van der Waals surface area contributed by atoms with Gasteiger partial charge in [0.15, 0.2) is 0 Å². The van der Waals surface area contributed by atoms with E-state index in [4.69, 9.17) is 0 Å². The topological polar surface area (TPSA) is 0 Å². The molecular weight excluding hydrogens is 311 g/mol. The average molecular weight is 337 g/mol. The molecular formula is C17H25FSSi2. The molecule has 0 radical (unpaired) electrons. The summed E-state index contributed by atoms with van der Waals surface area (Å²) in [5.74, 6) is -0.0727. The molecule has 1 aromatic heterocycles. The Hall–Kier alpha value is -0.716. The van der Waals surface area contributed by atoms with Crippen molar-refractivity contribution in [2.45, 2.75) is 44.4 Å². The quantitative estimate of drug-likeness (QED) is 0.567. The molecule has 0 aliphatic carbocycles. The Labute approximate surface area is 134 Å². The van der Waals surface area contributed by atoms with Crippen LogP contribution in [0.2, 0.25) is 39.3 Å². The van der Waals surface area contributed by atoms with Gasteiger partial charge >= 0.3 is 0 Å². The summed E-state index contributed by atoms with van der Waals surface area (Å²) in [4.78, 5) is 1.01. The predicted octanol–water partition coefficient (Wildman–Crippen LogP) is 6.39. The van der Waals surface area contributed by atoms with Crippen LogP contribution in [0.5, 0.6) is 0 Å². The summed E-state index contributed by atoms with van der Waals surface area (Å²) in [7, 11) is -2.74. The number of hydrogen-bond acceptors (Lipinski definition) is 1. The van der Waals surface area contributed by atoms with Crippen molar-refractivity contribution < 1.29 is 4.39 Å². The van der Waals surface area contributed by atoms with Crippen molar-refractivity contribution in [2.75, 3.05) is 0 Å². The van der Waals surface area contributed by atoms with Gasteiger partial charge in [0.25, 0.3) is 0 Å². The normalized spacial score (nSPS) is 13.0. The summed E-state index contributed by atoms with van der Waals surface area (Å²) in [6, 6.07) is 9.90. The maximum atomic E-state index is 14.6. The minimum absolute atomic E-state index is 0.0727. The van der Waals surface area contributed by atoms with E-state index >= 15 is 0 Å². The highest BCUT2D eigenvalue weighted by Crippen LogP contribution is 2.37. The molecule has 0 aliphatic heterocycles. The van der Waals surface area contributed by atoms with Gasteiger partial charge in [0.2, 0.25) is 0 Å². The monoisotopic (exact) mass is 336 g/mol. The molecule has 1 heterocycles. The molecule has 0 fully saturated rings. The molecule has 0 atom stereocenters. The van der Waals surface area contributed by atoms with Crippen molar-refractivity contribution in [2.24, 2.45) is 0 Å². The highest BCUT2D eigenvalue weighted by molar-refractivity contribution is 7.13. The van der Waals surface area contributed by atoms with Crippen LogP contribution in [0.25, 0.3) is 10.4 Å². The number of thiophene rings is 1. The van der Waals surface area contributed by atoms with Crippen LogP contribution in [0.15, 0.2) is 35.7 Å². The van der Waals surface area contributed by atoms with Crippen LogP contribution < -0.4 is 0 Å². The fourth-order valence-corrected chi connectivity index (χ4v) is 17.1. The molecule has 114 valence electrons. The molecule has 2 rings (SSSR count). The summed E-state index contributed by atoms with van der Waals surface area (Å²) in [6.07, 6.45) is 0. The molecule has 0 unspecified atom stereocenters. The van der Waals surface area contributed by atoms with Gasteiger partial charge in [-0.05, 0) is 28.2 Å². The first-order valence-corrected chi connectivity index (χ1v) is 15.5. The van der Waals surface area contributed by atoms with Gasteiger partial charge in [-0.15, -0.1) is 11.3 Å². The van der Waals surface area contributed by atoms with Gasteiger partial charge < -0.3 is 0 Å². The Kier molecular flexibility index (Phi) is 4.61. The molecule has 0 aliphatic rings. The van der Waals surface area contributed by atoms with E-state index in [1.165, 1.54) is 5.56 Å². The maximum Gasteiger partial charge on any atom is 0.132 e. The molecule has 1 aromatic carbocycles. The Morgan fingerprint density at radius 3 is 2.00 bits per heavy atom. The molecule has 21 heavy (non-hydrogen) atoms. The van der Waals surface area contributed by atoms with Crippen molar-refractivity contribution >= 4 is 27.5 Å². The third-order valence-electron chi connectivity index (χ3n) is 3.85. The van der Waals surface area contributed by atoms with Crippen LogP contribution in [-0.2, 0) is 0 Å². The van der Waals surface area contributed by atoms with Crippen molar-refractivity contribution in [3.63, 3.8) is 0 Å². The van der Waals surface area contributed by atoms with Crippen molar-refractivity contribution in [3.8, 4) is 10.4 Å². The molecule has 0 saturated heterocycles. The standard InChI is InChI=1S/C17H25FSSi2/c1-20(2,3)17(21(4,5)6)13-9-10-14(15(18)12-13)16-8-7-11-19-16/h7-12,17H,1-6H3. The van der Waals surface area contributed by atoms with Gasteiger partial charge in [-0.2, -0.15) is 0 Å². The second-order valence-electron chi connectivity index (χ2n) is 7.88. The molecule has 0 spiro atoms. The second kappa shape index (κ2) is 5.82. The van der Waals surface area contributed by atoms with Gasteiger partial charge in [0.1, 0.15) is 5.82 Å². The number of hydrogen-bond donors (Lipinski definition) is 0. The molecule has 0 saturated carbocycles. The predicted molar refractivity (Wildman–Crippen MR) is 99.1 cm³/mol. The summed E-state index contributed by atoms with van der Waals surface area (Å²) in [6.45, 7) is 14.4. The summed E-state index contributed by atoms with van der Waals surface area (Å²) < 4.78 is 14.6. The van der Waals surface area contributed by atoms with E-state index in [2.05, 4.69) is 45.3 Å². The smallest absolute Gasteiger partial charge is 0.132 e. The first-order valence-electron chi connectivity index (χ1n) is 7.44. The maximum absolute atomic E-state index is 14.6. The number of rotatable bonds is 4. The Balaban J connectivity index is 2.48. The fraction of sp³-hybridized carbons (Fsp3) is 0.412. The second-order valence-corrected chi connectivity index (χ2v) is 20.0. The lowest BCUT2D eigenvalue weighted by atomic mass is 10.1. The minimum Gasteiger partial charge on any atom is -0.206 e. The molecule has 0 N–H and O–H groups in total. The van der Waals surface area contributed by atoms with Crippen LogP contribution >= 0.6 is 11.3 Å². The van der Waals surface area contributed by atoms with Gasteiger partial charge in [-0.3, -0.25) is 0 Å². The molecule has 0 amide bonds. The Morgan fingerprint density at radius 2 is 1.57 bits per heavy atom. The van der Waals surface area contributed by atoms with Crippen molar-refractivity contribution in [3.05, 3.63) is 47.1 Å². The molecule has 2 aromatic rings. The van der Waals surface area contributed by atoms with E-state index < -0.39 is 16.1 Å². The third-order valence-corrected chi connectivity index (χ3v) is 14.1. The van der Waals surface area contributed by atoms with Crippen LogP contribution in [0, 0.1) is 5.82 Å². The third kappa shape index (κ3) is 3.73. The Bertz CT molecular complexity index is 593. The zero-order chi connectivity index (χ0) is 15.8. The van der Waals surface area contributed by atoms with Gasteiger partial charge in [-0.25, -0.2) is 4.39 Å². The highest BCUT2D eigenvalue weighted by atomic mass is 32.1. The summed E-state index contributed by atoms with van der Waals surface area (Å²) in [5.41, 5.74) is 1.95. The van der Waals surface area contributed by atoms with E-state index in [9.17, 15) is 4.39 Å². The minimum atomic E-state index is -1.37. The lowest BCUT2D eigenvalue weighted by Gasteiger charge is -2.39. The Morgan fingerprint density at radius 1 is 0.952 bits per heavy atom. The van der Waals surface area contributed by atoms with Crippen LogP contribution in [0.1, 0.15) is 10.7 Å². The highest BCUT2D eigenvalue weighted by Gasteiger charge is 2.38. The lowest BCUT2D eigenvalue weighted by Crippen LogP contribution is -2.46. The summed E-state index contributed by atoms with van der Waals surface area (Å²) >= 11 is 1.59. The van der Waals surface area contributed by atoms with Gasteiger partial charge in [0, 0.05) is 26.6 Å².